The molecule has 1 rings (SSSR count). The summed E-state index contributed by atoms with van der Waals surface area (Å²) < 4.78 is 5.48. The number of hydrogen-bond donors (Lipinski definition) is 1. The van der Waals surface area contributed by atoms with Gasteiger partial charge in [-0.2, -0.15) is 0 Å². The summed E-state index contributed by atoms with van der Waals surface area (Å²) in [5.41, 5.74) is 1.17. The largest absolute Gasteiger partial charge is 0.427 e. The van der Waals surface area contributed by atoms with Crippen molar-refractivity contribution in [1.29, 1.82) is 0 Å². The highest BCUT2D eigenvalue weighted by atomic mass is 16.5. The fraction of sp³-hybridized carbons (Fsp3) is 0.333. The maximum atomic E-state index is 9.53. The third kappa shape index (κ3) is 5.11. The van der Waals surface area contributed by atoms with Gasteiger partial charge in [-0.1, -0.05) is 12.6 Å². The summed E-state index contributed by atoms with van der Waals surface area (Å²) in [5.74, 6) is 0. The number of rotatable bonds is 7. The molecular formula is C15H20BN2O2. The van der Waals surface area contributed by atoms with E-state index < -0.39 is 11.7 Å². The number of hydrogen-bond acceptors (Lipinski definition) is 4. The van der Waals surface area contributed by atoms with Gasteiger partial charge in [-0.15, -0.1) is 6.58 Å². The molecule has 0 saturated heterocycles. The highest BCUT2D eigenvalue weighted by Crippen LogP contribution is 2.14. The minimum atomic E-state index is -0.672. The Morgan fingerprint density at radius 3 is 2.75 bits per heavy atom. The summed E-state index contributed by atoms with van der Waals surface area (Å²) in [6, 6.07) is 5.54. The van der Waals surface area contributed by atoms with E-state index in [4.69, 9.17) is 4.65 Å². The number of aliphatic hydroxyl groups is 1. The highest BCUT2D eigenvalue weighted by Gasteiger charge is 2.24. The van der Waals surface area contributed by atoms with E-state index in [0.29, 0.717) is 16.9 Å². The average Bonchev–Trinajstić information content (AvgIpc) is 2.43. The first kappa shape index (κ1) is 16.3. The lowest BCUT2D eigenvalue weighted by atomic mass is 9.87. The van der Waals surface area contributed by atoms with Gasteiger partial charge in [0.2, 0.25) is 0 Å². The van der Waals surface area contributed by atoms with E-state index in [1.165, 1.54) is 7.48 Å². The molecule has 1 radical (unpaired) electrons. The highest BCUT2D eigenvalue weighted by molar-refractivity contribution is 6.46. The predicted molar refractivity (Wildman–Crippen MR) is 83.5 cm³/mol. The van der Waals surface area contributed by atoms with Crippen LogP contribution in [0.25, 0.3) is 5.70 Å². The summed E-state index contributed by atoms with van der Waals surface area (Å²) in [5, 5.41) is 9.53. The van der Waals surface area contributed by atoms with Crippen LogP contribution in [0.4, 0.5) is 0 Å². The average molecular weight is 271 g/mol. The second-order valence-electron chi connectivity index (χ2n) is 5.01. The molecular weight excluding hydrogens is 251 g/mol. The van der Waals surface area contributed by atoms with Gasteiger partial charge in [0.05, 0.1) is 23.1 Å². The Balaban J connectivity index is 2.51. The van der Waals surface area contributed by atoms with Crippen LogP contribution in [-0.4, -0.2) is 35.5 Å². The summed E-state index contributed by atoms with van der Waals surface area (Å²) in [7, 11) is 1.47. The second kappa shape index (κ2) is 7.17. The Bertz CT molecular complexity index is 496. The van der Waals surface area contributed by atoms with E-state index in [1.807, 2.05) is 18.2 Å². The molecule has 0 saturated carbocycles. The molecule has 5 heteroatoms. The van der Waals surface area contributed by atoms with Crippen LogP contribution in [0.1, 0.15) is 26.5 Å². The van der Waals surface area contributed by atoms with Crippen molar-refractivity contribution in [2.45, 2.75) is 32.5 Å². The fourth-order valence-electron chi connectivity index (χ4n) is 1.12. The molecule has 0 amide bonds. The molecule has 4 nitrogen and oxygen atoms in total. The normalized spacial score (nSPS) is 13.2. The number of allylic oxidation sites excluding steroid dienone is 1. The van der Waals surface area contributed by atoms with Gasteiger partial charge in [0.1, 0.15) is 0 Å². The van der Waals surface area contributed by atoms with Gasteiger partial charge in [-0.05, 0) is 38.4 Å². The van der Waals surface area contributed by atoms with Crippen molar-refractivity contribution in [2.75, 3.05) is 0 Å². The number of aromatic nitrogens is 1. The van der Waals surface area contributed by atoms with Crippen LogP contribution in [0, 0.1) is 0 Å². The van der Waals surface area contributed by atoms with Crippen molar-refractivity contribution in [3.63, 3.8) is 0 Å². The quantitative estimate of drug-likeness (QED) is 0.612. The lowest BCUT2D eigenvalue weighted by Crippen LogP contribution is -2.38. The molecule has 0 aliphatic rings. The molecule has 1 unspecified atom stereocenters. The molecule has 1 N–H and O–H groups in total. The Hall–Kier alpha value is -1.72. The van der Waals surface area contributed by atoms with E-state index in [0.717, 1.165) is 0 Å². The maximum Gasteiger partial charge on any atom is 0.331 e. The summed E-state index contributed by atoms with van der Waals surface area (Å²) in [6.45, 7) is 12.9. The first-order valence-corrected chi connectivity index (χ1v) is 6.35. The van der Waals surface area contributed by atoms with Crippen molar-refractivity contribution in [3.8, 4) is 0 Å². The van der Waals surface area contributed by atoms with Gasteiger partial charge in [0.25, 0.3) is 0 Å². The molecule has 1 aromatic rings. The predicted octanol–water partition coefficient (Wildman–Crippen LogP) is 2.43. The molecule has 1 heterocycles. The van der Waals surface area contributed by atoms with Crippen molar-refractivity contribution < 1.29 is 9.76 Å². The molecule has 1 aromatic heterocycles. The van der Waals surface area contributed by atoms with Crippen LogP contribution >= 0.6 is 0 Å². The smallest absolute Gasteiger partial charge is 0.331 e. The summed E-state index contributed by atoms with van der Waals surface area (Å²) in [4.78, 5) is 8.33. The molecule has 1 atom stereocenters. The Kier molecular flexibility index (Phi) is 5.86. The van der Waals surface area contributed by atoms with Crippen molar-refractivity contribution in [3.05, 3.63) is 48.7 Å². The van der Waals surface area contributed by atoms with Crippen molar-refractivity contribution in [2.24, 2.45) is 4.99 Å². The van der Waals surface area contributed by atoms with Crippen LogP contribution in [-0.2, 0) is 4.65 Å². The fourth-order valence-corrected chi connectivity index (χ4v) is 1.12. The topological polar surface area (TPSA) is 54.7 Å². The molecule has 0 fully saturated rings. The number of aliphatic imine (C=N–C) groups is 1. The zero-order valence-corrected chi connectivity index (χ0v) is 12.2. The summed E-state index contributed by atoms with van der Waals surface area (Å²) in [6.07, 6.45) is 2.65. The van der Waals surface area contributed by atoms with Crippen LogP contribution in [0.5, 0.6) is 0 Å². The molecule has 0 spiro atoms. The van der Waals surface area contributed by atoms with Gasteiger partial charge < -0.3 is 9.76 Å². The Labute approximate surface area is 121 Å². The van der Waals surface area contributed by atoms with E-state index in [9.17, 15) is 5.11 Å². The van der Waals surface area contributed by atoms with Gasteiger partial charge in [0.15, 0.2) is 0 Å². The number of aliphatic hydroxyl groups excluding tert-OH is 1. The third-order valence-corrected chi connectivity index (χ3v) is 2.87. The Morgan fingerprint density at radius 1 is 1.50 bits per heavy atom. The van der Waals surface area contributed by atoms with Crippen LogP contribution < -0.4 is 0 Å². The summed E-state index contributed by atoms with van der Waals surface area (Å²) >= 11 is 0. The maximum absolute atomic E-state index is 9.53. The minimum Gasteiger partial charge on any atom is -0.427 e. The van der Waals surface area contributed by atoms with Crippen LogP contribution in [0.15, 0.2) is 48.0 Å². The zero-order chi connectivity index (χ0) is 15.2. The Morgan fingerprint density at radius 2 is 2.20 bits per heavy atom. The van der Waals surface area contributed by atoms with Gasteiger partial charge in [-0.3, -0.25) is 9.98 Å². The molecule has 105 valence electrons. The molecule has 0 aromatic carbocycles. The van der Waals surface area contributed by atoms with Crippen LogP contribution in [0.3, 0.4) is 0 Å². The van der Waals surface area contributed by atoms with Crippen molar-refractivity contribution >= 4 is 19.4 Å². The van der Waals surface area contributed by atoms with E-state index in [1.54, 1.807) is 33.2 Å². The van der Waals surface area contributed by atoms with E-state index in [2.05, 4.69) is 23.1 Å². The number of nitrogens with zero attached hydrogens (tertiary/aromatic N) is 2. The van der Waals surface area contributed by atoms with Gasteiger partial charge in [-0.25, -0.2) is 0 Å². The zero-order valence-electron chi connectivity index (χ0n) is 12.2. The first-order valence-electron chi connectivity index (χ1n) is 6.35. The molecule has 20 heavy (non-hydrogen) atoms. The standard InChI is InChI=1S/C15H20BN2O2/c1-11(16-20-15(4,5)13(3)19)10-18-12(2)14-8-6-7-9-17-14/h6-10,13,19H,1-2H2,3-5H3. The van der Waals surface area contributed by atoms with E-state index >= 15 is 0 Å². The monoisotopic (exact) mass is 271 g/mol. The number of pyridine rings is 1. The minimum absolute atomic E-state index is 0.551. The molecule has 0 aliphatic carbocycles. The second-order valence-corrected chi connectivity index (χ2v) is 5.01. The van der Waals surface area contributed by atoms with E-state index in [-0.39, 0.29) is 0 Å². The van der Waals surface area contributed by atoms with Crippen LogP contribution in [0.2, 0.25) is 0 Å². The lowest BCUT2D eigenvalue weighted by Gasteiger charge is -2.28. The molecule has 0 bridgehead atoms. The molecule has 0 aliphatic heterocycles. The van der Waals surface area contributed by atoms with Gasteiger partial charge in [0, 0.05) is 12.4 Å². The first-order chi connectivity index (χ1) is 9.33. The SMILES string of the molecule is C=C([B]OC(C)(C)C(C)O)C=NC(=C)c1ccccn1. The van der Waals surface area contributed by atoms with Crippen molar-refractivity contribution in [1.82, 2.24) is 4.98 Å². The van der Waals surface area contributed by atoms with Gasteiger partial charge >= 0.3 is 7.48 Å². The third-order valence-electron chi connectivity index (χ3n) is 2.87. The lowest BCUT2D eigenvalue weighted by molar-refractivity contribution is -0.0150.